The van der Waals surface area contributed by atoms with E-state index >= 15 is 0 Å². The van der Waals surface area contributed by atoms with Gasteiger partial charge in [0.1, 0.15) is 8.07 Å². The lowest BCUT2D eigenvalue weighted by Crippen LogP contribution is -2.32. The molecule has 2 aliphatic rings. The monoisotopic (exact) mass is 372 g/mol. The number of fused-ring (bicyclic) bond motifs is 2. The van der Waals surface area contributed by atoms with Crippen molar-refractivity contribution in [2.45, 2.75) is 53.6 Å². The van der Waals surface area contributed by atoms with Gasteiger partial charge in [-0.1, -0.05) is 100 Å². The van der Waals surface area contributed by atoms with Crippen molar-refractivity contribution in [3.05, 3.63) is 81.9 Å². The van der Waals surface area contributed by atoms with Crippen molar-refractivity contribution in [1.29, 1.82) is 0 Å². The lowest BCUT2D eigenvalue weighted by Gasteiger charge is -2.32. The van der Waals surface area contributed by atoms with Crippen LogP contribution in [0.15, 0.2) is 59.7 Å². The highest BCUT2D eigenvalue weighted by atomic mass is 28.3. The van der Waals surface area contributed by atoms with Gasteiger partial charge in [0.15, 0.2) is 0 Å². The molecule has 2 aromatic rings. The van der Waals surface area contributed by atoms with Crippen molar-refractivity contribution in [3.8, 4) is 0 Å². The zero-order chi connectivity index (χ0) is 19.3. The van der Waals surface area contributed by atoms with Gasteiger partial charge in [-0.05, 0) is 57.3 Å². The fourth-order valence-corrected chi connectivity index (χ4v) is 9.80. The molecule has 0 atom stereocenters. The third-order valence-electron chi connectivity index (χ3n) is 6.62. The highest BCUT2D eigenvalue weighted by Crippen LogP contribution is 2.50. The van der Waals surface area contributed by atoms with E-state index in [1.807, 2.05) is 0 Å². The average Bonchev–Trinajstić information content (AvgIpc) is 3.21. The second kappa shape index (κ2) is 6.63. The van der Waals surface area contributed by atoms with Crippen LogP contribution < -0.4 is 0 Å². The van der Waals surface area contributed by atoms with Gasteiger partial charge in [0.05, 0.1) is 0 Å². The van der Waals surface area contributed by atoms with Crippen LogP contribution in [0.25, 0.3) is 10.4 Å². The molecule has 0 saturated carbocycles. The molecule has 0 radical (unpaired) electrons. The number of hydrogen-bond donors (Lipinski definition) is 0. The maximum Gasteiger partial charge on any atom is 0.113 e. The first-order valence-electron chi connectivity index (χ1n) is 10.5. The summed E-state index contributed by atoms with van der Waals surface area (Å²) in [5, 5.41) is 3.44. The summed E-state index contributed by atoms with van der Waals surface area (Å²) >= 11 is 0. The number of hydrogen-bond acceptors (Lipinski definition) is 0. The summed E-state index contributed by atoms with van der Waals surface area (Å²) in [4.78, 5) is 0. The molecule has 2 aromatic carbocycles. The maximum atomic E-state index is 2.60. The molecule has 4 rings (SSSR count). The highest BCUT2D eigenvalue weighted by molar-refractivity contribution is 7.09. The van der Waals surface area contributed by atoms with Gasteiger partial charge in [-0.25, -0.2) is 0 Å². The Bertz CT molecular complexity index is 876. The second-order valence-corrected chi connectivity index (χ2v) is 13.7. The van der Waals surface area contributed by atoms with Gasteiger partial charge in [0, 0.05) is 0 Å². The predicted octanol–water partition coefficient (Wildman–Crippen LogP) is 7.11. The fraction of sp³-hybridized carbons (Fsp3) is 0.385. The van der Waals surface area contributed by atoms with Crippen LogP contribution in [0.1, 0.15) is 49.9 Å². The molecule has 140 valence electrons. The summed E-state index contributed by atoms with van der Waals surface area (Å²) in [6.45, 7) is 14.7. The minimum Gasteiger partial charge on any atom is -0.0630 e. The van der Waals surface area contributed by atoms with Gasteiger partial charge >= 0.3 is 0 Å². The van der Waals surface area contributed by atoms with Crippen molar-refractivity contribution >= 4 is 18.5 Å². The van der Waals surface area contributed by atoms with Crippen LogP contribution >= 0.6 is 0 Å². The lowest BCUT2D eigenvalue weighted by molar-refractivity contribution is 0.752. The quantitative estimate of drug-likeness (QED) is 0.502. The fourth-order valence-electron chi connectivity index (χ4n) is 5.36. The molecule has 0 aromatic heterocycles. The standard InChI is InChI=1S/C26H32Si/c1-17(2)23-15-19-11-7-9-13-21(19)25(23)27(5,6)26-22-14-10-8-12-20(22)16-24(26)18(3)4/h7-14,17-18H,15-16H2,1-6H3. The number of benzene rings is 2. The number of rotatable bonds is 4. The molecule has 0 unspecified atom stereocenters. The van der Waals surface area contributed by atoms with Crippen LogP contribution in [-0.2, 0) is 12.8 Å². The highest BCUT2D eigenvalue weighted by Gasteiger charge is 2.42. The maximum absolute atomic E-state index is 2.60. The van der Waals surface area contributed by atoms with Crippen molar-refractivity contribution in [2.75, 3.05) is 0 Å². The van der Waals surface area contributed by atoms with Gasteiger partial charge in [0.25, 0.3) is 0 Å². The first kappa shape index (κ1) is 18.5. The van der Waals surface area contributed by atoms with E-state index in [0.29, 0.717) is 11.8 Å². The summed E-state index contributed by atoms with van der Waals surface area (Å²) in [5.41, 5.74) is 9.53. The summed E-state index contributed by atoms with van der Waals surface area (Å²) in [6, 6.07) is 18.3. The van der Waals surface area contributed by atoms with E-state index in [9.17, 15) is 0 Å². The molecule has 2 aliphatic carbocycles. The summed E-state index contributed by atoms with van der Waals surface area (Å²) in [5.74, 6) is 1.22. The van der Waals surface area contributed by atoms with Crippen LogP contribution in [0.5, 0.6) is 0 Å². The predicted molar refractivity (Wildman–Crippen MR) is 121 cm³/mol. The van der Waals surface area contributed by atoms with Crippen LogP contribution in [-0.4, -0.2) is 8.07 Å². The first-order valence-corrected chi connectivity index (χ1v) is 13.5. The zero-order valence-corrected chi connectivity index (χ0v) is 18.7. The van der Waals surface area contributed by atoms with Crippen molar-refractivity contribution in [3.63, 3.8) is 0 Å². The Labute approximate surface area is 166 Å². The Hall–Kier alpha value is -1.86. The van der Waals surface area contributed by atoms with Gasteiger partial charge in [0.2, 0.25) is 0 Å². The first-order chi connectivity index (χ1) is 12.8. The van der Waals surface area contributed by atoms with Gasteiger partial charge < -0.3 is 0 Å². The molecule has 0 saturated heterocycles. The molecular weight excluding hydrogens is 340 g/mol. The molecule has 0 nitrogen and oxygen atoms in total. The topological polar surface area (TPSA) is 0 Å². The molecule has 0 amide bonds. The smallest absolute Gasteiger partial charge is 0.0630 e. The largest absolute Gasteiger partial charge is 0.113 e. The minimum atomic E-state index is -1.83. The third kappa shape index (κ3) is 2.88. The van der Waals surface area contributed by atoms with Crippen LogP contribution in [0.2, 0.25) is 13.1 Å². The molecule has 0 bridgehead atoms. The van der Waals surface area contributed by atoms with Crippen LogP contribution in [0, 0.1) is 11.8 Å². The summed E-state index contributed by atoms with van der Waals surface area (Å²) < 4.78 is 0. The van der Waals surface area contributed by atoms with Gasteiger partial charge in [-0.3, -0.25) is 0 Å². The van der Waals surface area contributed by atoms with Crippen molar-refractivity contribution in [1.82, 2.24) is 0 Å². The van der Waals surface area contributed by atoms with E-state index in [-0.39, 0.29) is 0 Å². The van der Waals surface area contributed by atoms with Crippen LogP contribution in [0.4, 0.5) is 0 Å². The molecule has 1 heteroatoms. The molecule has 0 spiro atoms. The Morgan fingerprint density at radius 2 is 1.00 bits per heavy atom. The molecular formula is C26H32Si. The van der Waals surface area contributed by atoms with E-state index in [2.05, 4.69) is 89.3 Å². The minimum absolute atomic E-state index is 0.610. The molecule has 0 aliphatic heterocycles. The second-order valence-electron chi connectivity index (χ2n) is 9.40. The summed E-state index contributed by atoms with van der Waals surface area (Å²) in [7, 11) is -1.83. The van der Waals surface area contributed by atoms with E-state index in [0.717, 1.165) is 12.8 Å². The van der Waals surface area contributed by atoms with Gasteiger partial charge in [-0.15, -0.1) is 0 Å². The lowest BCUT2D eigenvalue weighted by atomic mass is 10.0. The Morgan fingerprint density at radius 1 is 0.630 bits per heavy atom. The number of allylic oxidation sites excluding steroid dienone is 2. The normalized spacial score (nSPS) is 16.6. The average molecular weight is 373 g/mol. The zero-order valence-electron chi connectivity index (χ0n) is 17.7. The Morgan fingerprint density at radius 3 is 1.37 bits per heavy atom. The molecule has 0 N–H and O–H groups in total. The van der Waals surface area contributed by atoms with E-state index in [4.69, 9.17) is 0 Å². The Kier molecular flexibility index (Phi) is 4.54. The third-order valence-corrected chi connectivity index (χ3v) is 10.3. The Balaban J connectivity index is 1.97. The molecule has 0 heterocycles. The van der Waals surface area contributed by atoms with E-state index in [1.165, 1.54) is 22.3 Å². The SMILES string of the molecule is CC(C)C1=C([Si](C)(C)C2=C(C(C)C)Cc3ccccc32)c2ccccc2C1. The van der Waals surface area contributed by atoms with E-state index < -0.39 is 8.07 Å². The van der Waals surface area contributed by atoms with Crippen molar-refractivity contribution < 1.29 is 0 Å². The van der Waals surface area contributed by atoms with Crippen LogP contribution in [0.3, 0.4) is 0 Å². The molecule has 0 fully saturated rings. The van der Waals surface area contributed by atoms with E-state index in [1.54, 1.807) is 21.5 Å². The van der Waals surface area contributed by atoms with Gasteiger partial charge in [-0.2, -0.15) is 0 Å². The van der Waals surface area contributed by atoms with Crippen molar-refractivity contribution in [2.24, 2.45) is 11.8 Å². The summed E-state index contributed by atoms with van der Waals surface area (Å²) in [6.07, 6.45) is 2.29. The molecule has 27 heavy (non-hydrogen) atoms.